The Bertz CT molecular complexity index is 973. The summed E-state index contributed by atoms with van der Waals surface area (Å²) in [5, 5.41) is 14.1. The number of anilines is 1. The molecule has 2 aromatic heterocycles. The van der Waals surface area contributed by atoms with Gasteiger partial charge in [-0.3, -0.25) is 4.98 Å². The molecule has 1 aromatic carbocycles. The van der Waals surface area contributed by atoms with Crippen molar-refractivity contribution in [3.8, 4) is 22.9 Å². The van der Waals surface area contributed by atoms with Gasteiger partial charge in [-0.15, -0.1) is 0 Å². The van der Waals surface area contributed by atoms with Crippen LogP contribution in [0, 0.1) is 0 Å². The number of methoxy groups -OCH3 is 2. The van der Waals surface area contributed by atoms with E-state index < -0.39 is 6.10 Å². The lowest BCUT2D eigenvalue weighted by Gasteiger charge is -2.17. The number of ether oxygens (including phenoxy) is 2. The van der Waals surface area contributed by atoms with E-state index in [1.165, 1.54) is 0 Å². The number of nitrogens with one attached hydrogen (secondary N) is 1. The van der Waals surface area contributed by atoms with Crippen molar-refractivity contribution in [1.82, 2.24) is 15.0 Å². The molecular formula is C22H24N4O3. The van der Waals surface area contributed by atoms with Crippen LogP contribution >= 0.6 is 0 Å². The number of benzene rings is 1. The van der Waals surface area contributed by atoms with Crippen molar-refractivity contribution in [2.24, 2.45) is 0 Å². The molecule has 29 heavy (non-hydrogen) atoms. The largest absolute Gasteiger partial charge is 0.497 e. The van der Waals surface area contributed by atoms with Crippen LogP contribution in [0.15, 0.2) is 42.7 Å². The van der Waals surface area contributed by atoms with Crippen molar-refractivity contribution in [1.29, 1.82) is 0 Å². The van der Waals surface area contributed by atoms with Gasteiger partial charge in [-0.25, -0.2) is 9.97 Å². The third-order valence-electron chi connectivity index (χ3n) is 5.09. The van der Waals surface area contributed by atoms with E-state index in [1.807, 2.05) is 24.3 Å². The molecule has 0 spiro atoms. The number of aromatic nitrogens is 3. The number of rotatable bonds is 7. The minimum atomic E-state index is -0.740. The zero-order valence-corrected chi connectivity index (χ0v) is 16.6. The Labute approximate surface area is 169 Å². The fourth-order valence-corrected chi connectivity index (χ4v) is 3.54. The van der Waals surface area contributed by atoms with Gasteiger partial charge in [-0.1, -0.05) is 0 Å². The minimum absolute atomic E-state index is 0.315. The fourth-order valence-electron chi connectivity index (χ4n) is 3.54. The molecule has 0 saturated carbocycles. The molecule has 1 atom stereocenters. The van der Waals surface area contributed by atoms with Crippen LogP contribution in [-0.4, -0.2) is 40.8 Å². The first kappa shape index (κ1) is 19.1. The number of nitrogens with zero attached hydrogens (tertiary/aromatic N) is 3. The smallest absolute Gasteiger partial charge is 0.161 e. The molecule has 7 nitrogen and oxygen atoms in total. The predicted octanol–water partition coefficient (Wildman–Crippen LogP) is 3.19. The summed E-state index contributed by atoms with van der Waals surface area (Å²) in [6.07, 6.45) is 5.68. The molecule has 1 aliphatic rings. The molecule has 0 amide bonds. The number of aliphatic hydroxyl groups excluding tert-OH is 1. The topological polar surface area (TPSA) is 89.4 Å². The maximum atomic E-state index is 10.7. The lowest BCUT2D eigenvalue weighted by Crippen LogP contribution is -2.15. The fraction of sp³-hybridized carbons (Fsp3) is 0.318. The predicted molar refractivity (Wildman–Crippen MR) is 110 cm³/mol. The normalized spacial score (nSPS) is 13.6. The van der Waals surface area contributed by atoms with Crippen molar-refractivity contribution in [3.05, 3.63) is 59.5 Å². The van der Waals surface area contributed by atoms with Gasteiger partial charge in [-0.05, 0) is 49.1 Å². The van der Waals surface area contributed by atoms with E-state index in [0.29, 0.717) is 29.4 Å². The summed E-state index contributed by atoms with van der Waals surface area (Å²) in [5.74, 6) is 2.74. The van der Waals surface area contributed by atoms with Crippen LogP contribution in [0.4, 0.5) is 5.82 Å². The Kier molecular flexibility index (Phi) is 5.57. The third kappa shape index (κ3) is 4.14. The van der Waals surface area contributed by atoms with Crippen molar-refractivity contribution in [2.75, 3.05) is 26.1 Å². The highest BCUT2D eigenvalue weighted by molar-refractivity contribution is 5.60. The molecule has 3 aromatic rings. The molecular weight excluding hydrogens is 368 g/mol. The van der Waals surface area contributed by atoms with Crippen molar-refractivity contribution in [2.45, 2.75) is 25.4 Å². The van der Waals surface area contributed by atoms with Gasteiger partial charge in [0.05, 0.1) is 20.3 Å². The first-order chi connectivity index (χ1) is 14.2. The third-order valence-corrected chi connectivity index (χ3v) is 5.09. The summed E-state index contributed by atoms with van der Waals surface area (Å²) >= 11 is 0. The van der Waals surface area contributed by atoms with Gasteiger partial charge in [-0.2, -0.15) is 0 Å². The number of hydrogen-bond donors (Lipinski definition) is 2. The maximum Gasteiger partial charge on any atom is 0.161 e. The van der Waals surface area contributed by atoms with Crippen LogP contribution < -0.4 is 14.8 Å². The Balaban J connectivity index is 1.58. The molecule has 2 N–H and O–H groups in total. The molecule has 0 saturated heterocycles. The standard InChI is InChI=1S/C22H24N4O3/c1-28-16-10-15(11-17(12-16)29-2)20(27)13-24-22-18-4-3-5-19(18)25-21(26-22)14-6-8-23-9-7-14/h6-12,20,27H,3-5,13H2,1-2H3,(H,24,25,26). The van der Waals surface area contributed by atoms with Crippen LogP contribution in [0.5, 0.6) is 11.5 Å². The number of hydrogen-bond acceptors (Lipinski definition) is 7. The van der Waals surface area contributed by atoms with Gasteiger partial charge in [0.25, 0.3) is 0 Å². The zero-order chi connectivity index (χ0) is 20.2. The Morgan fingerprint density at radius 1 is 1.03 bits per heavy atom. The van der Waals surface area contributed by atoms with Crippen molar-refractivity contribution < 1.29 is 14.6 Å². The quantitative estimate of drug-likeness (QED) is 0.638. The Hall–Kier alpha value is -3.19. The molecule has 1 unspecified atom stereocenters. The lowest BCUT2D eigenvalue weighted by molar-refractivity contribution is 0.190. The van der Waals surface area contributed by atoms with E-state index in [-0.39, 0.29) is 0 Å². The van der Waals surface area contributed by atoms with Crippen molar-refractivity contribution >= 4 is 5.82 Å². The highest BCUT2D eigenvalue weighted by Crippen LogP contribution is 2.30. The maximum absolute atomic E-state index is 10.7. The first-order valence-electron chi connectivity index (χ1n) is 9.63. The van der Waals surface area contributed by atoms with Crippen LogP contribution in [0.3, 0.4) is 0 Å². The van der Waals surface area contributed by atoms with Gasteiger partial charge < -0.3 is 19.9 Å². The highest BCUT2D eigenvalue weighted by atomic mass is 16.5. The van der Waals surface area contributed by atoms with Gasteiger partial charge in [0.15, 0.2) is 5.82 Å². The molecule has 0 aliphatic heterocycles. The number of aryl methyl sites for hydroxylation is 1. The van der Waals surface area contributed by atoms with Gasteiger partial charge in [0, 0.05) is 41.8 Å². The van der Waals surface area contributed by atoms with Crippen LogP contribution in [0.2, 0.25) is 0 Å². The first-order valence-corrected chi connectivity index (χ1v) is 9.63. The van der Waals surface area contributed by atoms with E-state index in [4.69, 9.17) is 19.4 Å². The van der Waals surface area contributed by atoms with E-state index in [2.05, 4.69) is 10.3 Å². The van der Waals surface area contributed by atoms with Crippen molar-refractivity contribution in [3.63, 3.8) is 0 Å². The van der Waals surface area contributed by atoms with Crippen LogP contribution in [-0.2, 0) is 12.8 Å². The van der Waals surface area contributed by atoms with Crippen LogP contribution in [0.1, 0.15) is 29.3 Å². The molecule has 150 valence electrons. The summed E-state index contributed by atoms with van der Waals surface area (Å²) in [7, 11) is 3.18. The number of aliphatic hydroxyl groups is 1. The second-order valence-electron chi connectivity index (χ2n) is 6.95. The lowest BCUT2D eigenvalue weighted by atomic mass is 10.1. The Morgan fingerprint density at radius 2 is 1.76 bits per heavy atom. The van der Waals surface area contributed by atoms with E-state index in [0.717, 1.165) is 41.9 Å². The highest BCUT2D eigenvalue weighted by Gasteiger charge is 2.21. The molecule has 0 bridgehead atoms. The number of pyridine rings is 1. The molecule has 0 fully saturated rings. The molecule has 1 aliphatic carbocycles. The summed E-state index contributed by atoms with van der Waals surface area (Å²) in [5.41, 5.74) is 3.86. The molecule has 0 radical (unpaired) electrons. The van der Waals surface area contributed by atoms with Gasteiger partial charge in [0.1, 0.15) is 17.3 Å². The monoisotopic (exact) mass is 392 g/mol. The summed E-state index contributed by atoms with van der Waals surface area (Å²) < 4.78 is 10.6. The SMILES string of the molecule is COc1cc(OC)cc(C(O)CNc2nc(-c3ccncc3)nc3c2CCC3)c1. The van der Waals surface area contributed by atoms with E-state index in [1.54, 1.807) is 32.7 Å². The molecule has 4 rings (SSSR count). The average Bonchev–Trinajstić information content (AvgIpc) is 3.26. The summed E-state index contributed by atoms with van der Waals surface area (Å²) in [6, 6.07) is 9.20. The van der Waals surface area contributed by atoms with E-state index in [9.17, 15) is 5.11 Å². The molecule has 2 heterocycles. The second-order valence-corrected chi connectivity index (χ2v) is 6.95. The zero-order valence-electron chi connectivity index (χ0n) is 16.6. The van der Waals surface area contributed by atoms with Gasteiger partial charge >= 0.3 is 0 Å². The minimum Gasteiger partial charge on any atom is -0.497 e. The van der Waals surface area contributed by atoms with Crippen LogP contribution in [0.25, 0.3) is 11.4 Å². The Morgan fingerprint density at radius 3 is 2.45 bits per heavy atom. The number of fused-ring (bicyclic) bond motifs is 1. The molecule has 7 heteroatoms. The summed E-state index contributed by atoms with van der Waals surface area (Å²) in [6.45, 7) is 0.315. The second kappa shape index (κ2) is 8.45. The van der Waals surface area contributed by atoms with E-state index >= 15 is 0 Å². The summed E-state index contributed by atoms with van der Waals surface area (Å²) in [4.78, 5) is 13.5. The average molecular weight is 392 g/mol. The van der Waals surface area contributed by atoms with Gasteiger partial charge in [0.2, 0.25) is 0 Å².